The summed E-state index contributed by atoms with van der Waals surface area (Å²) in [5.41, 5.74) is 11.8. The number of para-hydroxylation sites is 2. The van der Waals surface area contributed by atoms with Crippen molar-refractivity contribution in [3.8, 4) is 11.1 Å². The fourth-order valence-corrected chi connectivity index (χ4v) is 7.26. The molecule has 5 aromatic carbocycles. The quantitative estimate of drug-likeness (QED) is 0.102. The van der Waals surface area contributed by atoms with Gasteiger partial charge in [-0.05, 0) is 120 Å². The van der Waals surface area contributed by atoms with E-state index in [2.05, 4.69) is 217 Å². The molecule has 262 valence electrons. The van der Waals surface area contributed by atoms with Crippen molar-refractivity contribution in [2.45, 2.75) is 79.6 Å². The van der Waals surface area contributed by atoms with Gasteiger partial charge < -0.3 is 9.80 Å². The summed E-state index contributed by atoms with van der Waals surface area (Å²) < 4.78 is 0. The van der Waals surface area contributed by atoms with Crippen molar-refractivity contribution < 1.29 is 0 Å². The average Bonchev–Trinajstić information content (AvgIpc) is 3.14. The molecule has 5 rings (SSSR count). The lowest BCUT2D eigenvalue weighted by molar-refractivity contribution is 0.411. The van der Waals surface area contributed by atoms with Crippen LogP contribution in [0.3, 0.4) is 0 Å². The van der Waals surface area contributed by atoms with Gasteiger partial charge >= 0.3 is 0 Å². The first kappa shape index (κ1) is 37.2. The van der Waals surface area contributed by atoms with Crippen LogP contribution in [0.4, 0.5) is 28.4 Å². The number of allylic oxidation sites excluding steroid dienone is 4. The van der Waals surface area contributed by atoms with Gasteiger partial charge in [0, 0.05) is 34.1 Å². The Balaban J connectivity index is 1.42. The number of hydrogen-bond acceptors (Lipinski definition) is 2. The van der Waals surface area contributed by atoms with E-state index >= 15 is 0 Å². The molecule has 5 aromatic rings. The van der Waals surface area contributed by atoms with Crippen molar-refractivity contribution in [1.29, 1.82) is 0 Å². The molecule has 0 radical (unpaired) electrons. The van der Waals surface area contributed by atoms with Gasteiger partial charge in [0.1, 0.15) is 0 Å². The van der Waals surface area contributed by atoms with Crippen molar-refractivity contribution in [2.75, 3.05) is 9.80 Å². The highest BCUT2D eigenvalue weighted by atomic mass is 15.1. The highest BCUT2D eigenvalue weighted by molar-refractivity contribution is 5.79. The second-order valence-corrected chi connectivity index (χ2v) is 14.8. The lowest BCUT2D eigenvalue weighted by Gasteiger charge is -2.28. The molecular weight excluding hydrogens is 617 g/mol. The van der Waals surface area contributed by atoms with E-state index in [0.29, 0.717) is 0 Å². The predicted octanol–water partition coefficient (Wildman–Crippen LogP) is 14.9. The molecule has 51 heavy (non-hydrogen) atoms. The van der Waals surface area contributed by atoms with Gasteiger partial charge in [0.2, 0.25) is 0 Å². The molecule has 0 aliphatic heterocycles. The Morgan fingerprint density at radius 1 is 0.549 bits per heavy atom. The zero-order valence-electron chi connectivity index (χ0n) is 31.9. The van der Waals surface area contributed by atoms with Crippen LogP contribution in [0, 0.1) is 5.41 Å². The Morgan fingerprint density at radius 2 is 0.980 bits per heavy atom. The molecule has 0 unspecified atom stereocenters. The number of rotatable bonds is 15. The summed E-state index contributed by atoms with van der Waals surface area (Å²) in [6.07, 6.45) is 11.3. The zero-order chi connectivity index (χ0) is 36.4. The van der Waals surface area contributed by atoms with Crippen LogP contribution in [0.2, 0.25) is 0 Å². The van der Waals surface area contributed by atoms with Crippen LogP contribution in [-0.2, 0) is 5.41 Å². The summed E-state index contributed by atoms with van der Waals surface area (Å²) in [7, 11) is 0. The topological polar surface area (TPSA) is 6.48 Å². The lowest BCUT2D eigenvalue weighted by atomic mass is 9.80. The van der Waals surface area contributed by atoms with Crippen LogP contribution in [0.1, 0.15) is 79.7 Å². The fraction of sp³-hybridized carbons (Fsp3) is 0.265. The second-order valence-electron chi connectivity index (χ2n) is 14.8. The van der Waals surface area contributed by atoms with Crippen LogP contribution in [0.15, 0.2) is 170 Å². The van der Waals surface area contributed by atoms with Gasteiger partial charge in [0.25, 0.3) is 0 Å². The number of anilines is 5. The third kappa shape index (κ3) is 8.99. The summed E-state index contributed by atoms with van der Waals surface area (Å²) in [5.74, 6) is 0. The van der Waals surface area contributed by atoms with Gasteiger partial charge in [-0.15, -0.1) is 0 Å². The molecule has 0 bridgehead atoms. The van der Waals surface area contributed by atoms with Crippen LogP contribution >= 0.6 is 0 Å². The van der Waals surface area contributed by atoms with Gasteiger partial charge in [-0.1, -0.05) is 146 Å². The third-order valence-corrected chi connectivity index (χ3v) is 10.1. The highest BCUT2D eigenvalue weighted by Gasteiger charge is 2.22. The van der Waals surface area contributed by atoms with Gasteiger partial charge in [-0.25, -0.2) is 0 Å². The van der Waals surface area contributed by atoms with Crippen molar-refractivity contribution in [3.63, 3.8) is 0 Å². The van der Waals surface area contributed by atoms with Gasteiger partial charge in [0.05, 0.1) is 0 Å². The summed E-state index contributed by atoms with van der Waals surface area (Å²) in [5, 5.41) is 0. The summed E-state index contributed by atoms with van der Waals surface area (Å²) in [6, 6.07) is 48.0. The van der Waals surface area contributed by atoms with Crippen LogP contribution in [-0.4, -0.2) is 0 Å². The number of hydrogen-bond donors (Lipinski definition) is 0. The predicted molar refractivity (Wildman–Crippen MR) is 224 cm³/mol. The zero-order valence-corrected chi connectivity index (χ0v) is 31.9. The van der Waals surface area contributed by atoms with E-state index in [0.717, 1.165) is 47.0 Å². The minimum Gasteiger partial charge on any atom is -0.311 e. The first-order valence-electron chi connectivity index (χ1n) is 18.6. The maximum atomic E-state index is 4.53. The van der Waals surface area contributed by atoms with Crippen molar-refractivity contribution >= 4 is 28.4 Å². The molecule has 0 aliphatic carbocycles. The molecule has 0 spiro atoms. The Morgan fingerprint density at radius 3 is 1.47 bits per heavy atom. The van der Waals surface area contributed by atoms with E-state index in [9.17, 15) is 0 Å². The van der Waals surface area contributed by atoms with E-state index in [1.54, 1.807) is 0 Å². The van der Waals surface area contributed by atoms with E-state index < -0.39 is 0 Å². The van der Waals surface area contributed by atoms with Gasteiger partial charge in [-0.3, -0.25) is 0 Å². The molecule has 0 amide bonds. The molecule has 2 nitrogen and oxygen atoms in total. The first-order valence-corrected chi connectivity index (χ1v) is 18.6. The Hall–Kier alpha value is -5.08. The molecule has 0 heterocycles. The summed E-state index contributed by atoms with van der Waals surface area (Å²) >= 11 is 0. The average molecular weight is 673 g/mol. The largest absolute Gasteiger partial charge is 0.311 e. The summed E-state index contributed by atoms with van der Waals surface area (Å²) in [6.45, 7) is 20.5. The molecule has 0 N–H and O–H groups in total. The highest BCUT2D eigenvalue weighted by Crippen LogP contribution is 2.39. The van der Waals surface area contributed by atoms with Gasteiger partial charge in [0.15, 0.2) is 0 Å². The minimum atomic E-state index is 0.114. The Bertz CT molecular complexity index is 1890. The fourth-order valence-electron chi connectivity index (χ4n) is 7.26. The molecule has 0 atom stereocenters. The number of benzene rings is 5. The lowest BCUT2D eigenvalue weighted by Crippen LogP contribution is -2.17. The van der Waals surface area contributed by atoms with E-state index in [1.807, 2.05) is 0 Å². The molecular formula is C49H56N2. The molecule has 0 saturated carbocycles. The minimum absolute atomic E-state index is 0.114. The normalized spacial score (nSPS) is 12.3. The molecule has 2 heteroatoms. The molecule has 0 saturated heterocycles. The standard InChI is InChI=1S/C49H56N2/c1-9-36-48(5,6)41(11-3)27-22-38(4)50(43-18-14-12-15-19-43)45-30-23-39(24-31-45)40-25-32-46(33-26-40)51(44-20-16-13-17-21-44)47-34-28-42(29-35-47)49(7,8)37-10-2/h11-35H,4,9-10,36-37H2,1-3,5-8H3/b27-22-,41-11+. The van der Waals surface area contributed by atoms with Crippen molar-refractivity contribution in [3.05, 3.63) is 175 Å². The van der Waals surface area contributed by atoms with Crippen LogP contribution < -0.4 is 9.80 Å². The monoisotopic (exact) mass is 672 g/mol. The molecule has 0 aromatic heterocycles. The van der Waals surface area contributed by atoms with Crippen molar-refractivity contribution in [2.24, 2.45) is 5.41 Å². The SMILES string of the molecule is C=C(/C=C\C(=C/C)C(C)(C)CCC)N(c1ccccc1)c1ccc(-c2ccc(N(c3ccccc3)c3ccc(C(C)(C)CCC)cc3)cc2)cc1. The smallest absolute Gasteiger partial charge is 0.0462 e. The first-order chi connectivity index (χ1) is 24.6. The van der Waals surface area contributed by atoms with E-state index in [-0.39, 0.29) is 10.8 Å². The maximum absolute atomic E-state index is 4.53. The third-order valence-electron chi connectivity index (χ3n) is 10.1. The Kier molecular flexibility index (Phi) is 12.2. The van der Waals surface area contributed by atoms with E-state index in [1.165, 1.54) is 35.1 Å². The maximum Gasteiger partial charge on any atom is 0.0462 e. The Labute approximate surface area is 308 Å². The van der Waals surface area contributed by atoms with Crippen molar-refractivity contribution in [1.82, 2.24) is 0 Å². The van der Waals surface area contributed by atoms with E-state index in [4.69, 9.17) is 0 Å². The van der Waals surface area contributed by atoms with Crippen LogP contribution in [0.5, 0.6) is 0 Å². The summed E-state index contributed by atoms with van der Waals surface area (Å²) in [4.78, 5) is 4.57. The van der Waals surface area contributed by atoms with Gasteiger partial charge in [-0.2, -0.15) is 0 Å². The molecule has 0 fully saturated rings. The number of nitrogens with zero attached hydrogens (tertiary/aromatic N) is 2. The van der Waals surface area contributed by atoms with Crippen LogP contribution in [0.25, 0.3) is 11.1 Å². The second kappa shape index (κ2) is 16.8. The molecule has 0 aliphatic rings.